The molecule has 1 aliphatic rings. The Hall–Kier alpha value is -2.40. The molecule has 0 amide bonds. The maximum absolute atomic E-state index is 14.1. The predicted octanol–water partition coefficient (Wildman–Crippen LogP) is 4.16. The molecular formula is C21H24FN3O. The van der Waals surface area contributed by atoms with Crippen LogP contribution in [0.25, 0.3) is 22.4 Å². The van der Waals surface area contributed by atoms with E-state index in [9.17, 15) is 4.39 Å². The second-order valence-electron chi connectivity index (χ2n) is 7.07. The van der Waals surface area contributed by atoms with Crippen LogP contribution in [-0.2, 0) is 7.05 Å². The molecule has 0 atom stereocenters. The molecule has 2 aromatic carbocycles. The molecule has 2 heterocycles. The van der Waals surface area contributed by atoms with Gasteiger partial charge in [0.15, 0.2) is 11.6 Å². The largest absolute Gasteiger partial charge is 0.494 e. The van der Waals surface area contributed by atoms with Crippen molar-refractivity contribution >= 4 is 11.0 Å². The Labute approximate surface area is 153 Å². The number of ether oxygens (including phenoxy) is 1. The highest BCUT2D eigenvalue weighted by Gasteiger charge is 2.19. The van der Waals surface area contributed by atoms with E-state index >= 15 is 0 Å². The summed E-state index contributed by atoms with van der Waals surface area (Å²) in [5.41, 5.74) is 5.39. The van der Waals surface area contributed by atoms with Gasteiger partial charge in [0, 0.05) is 12.6 Å². The number of aryl methyl sites for hydroxylation is 2. The van der Waals surface area contributed by atoms with Gasteiger partial charge in [-0.3, -0.25) is 0 Å². The number of methoxy groups -OCH3 is 1. The maximum Gasteiger partial charge on any atom is 0.165 e. The number of aromatic nitrogens is 2. The zero-order chi connectivity index (χ0) is 18.3. The molecule has 0 bridgehead atoms. The van der Waals surface area contributed by atoms with E-state index in [1.807, 2.05) is 13.1 Å². The van der Waals surface area contributed by atoms with Gasteiger partial charge in [-0.2, -0.15) is 0 Å². The van der Waals surface area contributed by atoms with Gasteiger partial charge < -0.3 is 14.6 Å². The molecule has 3 aromatic rings. The van der Waals surface area contributed by atoms with Crippen LogP contribution in [0.15, 0.2) is 30.3 Å². The van der Waals surface area contributed by atoms with Crippen molar-refractivity contribution in [2.24, 2.45) is 7.05 Å². The number of benzene rings is 2. The average molecular weight is 353 g/mol. The minimum atomic E-state index is -0.371. The number of nitrogens with zero attached hydrogens (tertiary/aromatic N) is 2. The lowest BCUT2D eigenvalue weighted by Crippen LogP contribution is -2.26. The molecule has 0 unspecified atom stereocenters. The van der Waals surface area contributed by atoms with Crippen molar-refractivity contribution in [1.29, 1.82) is 0 Å². The molecule has 1 aromatic heterocycles. The van der Waals surface area contributed by atoms with Crippen LogP contribution in [0.5, 0.6) is 5.75 Å². The molecule has 0 radical (unpaired) electrons. The molecular weight excluding hydrogens is 329 g/mol. The summed E-state index contributed by atoms with van der Waals surface area (Å²) in [7, 11) is 3.47. The standard InChI is InChI=1S/C21H24FN3O/c1-13-10-16(14-6-8-23-9-7-14)12-18-20(13)24-21(25(18)2)15-4-5-19(26-3)17(22)11-15/h4-5,10-12,14,23H,6-9H2,1-3H3. The number of hydrogen-bond donors (Lipinski definition) is 1. The van der Waals surface area contributed by atoms with E-state index in [0.717, 1.165) is 35.5 Å². The van der Waals surface area contributed by atoms with Crippen molar-refractivity contribution in [3.05, 3.63) is 47.3 Å². The summed E-state index contributed by atoms with van der Waals surface area (Å²) in [5, 5.41) is 3.42. The number of rotatable bonds is 3. The van der Waals surface area contributed by atoms with Gasteiger partial charge in [-0.25, -0.2) is 9.37 Å². The summed E-state index contributed by atoms with van der Waals surface area (Å²) in [6, 6.07) is 9.52. The molecule has 0 spiro atoms. The summed E-state index contributed by atoms with van der Waals surface area (Å²) in [4.78, 5) is 4.81. The molecule has 136 valence electrons. The van der Waals surface area contributed by atoms with Crippen molar-refractivity contribution in [2.45, 2.75) is 25.7 Å². The SMILES string of the molecule is COc1ccc(-c2nc3c(C)cc(C4CCNCC4)cc3n2C)cc1F. The third-order valence-corrected chi connectivity index (χ3v) is 5.42. The highest BCUT2D eigenvalue weighted by atomic mass is 19.1. The number of piperidine rings is 1. The first kappa shape index (κ1) is 17.0. The van der Waals surface area contributed by atoms with Gasteiger partial charge in [0.25, 0.3) is 0 Å². The van der Waals surface area contributed by atoms with Gasteiger partial charge in [0.1, 0.15) is 5.82 Å². The summed E-state index contributed by atoms with van der Waals surface area (Å²) in [6.07, 6.45) is 2.33. The Morgan fingerprint density at radius 1 is 1.19 bits per heavy atom. The molecule has 0 saturated carbocycles. The van der Waals surface area contributed by atoms with Crippen LogP contribution in [0.4, 0.5) is 4.39 Å². The summed E-state index contributed by atoms with van der Waals surface area (Å²) < 4.78 is 21.2. The van der Waals surface area contributed by atoms with Gasteiger partial charge >= 0.3 is 0 Å². The number of nitrogens with one attached hydrogen (secondary N) is 1. The monoisotopic (exact) mass is 353 g/mol. The van der Waals surface area contributed by atoms with Crippen LogP contribution in [0.1, 0.15) is 29.9 Å². The smallest absolute Gasteiger partial charge is 0.165 e. The van der Waals surface area contributed by atoms with Crippen molar-refractivity contribution in [1.82, 2.24) is 14.9 Å². The summed E-state index contributed by atoms with van der Waals surface area (Å²) in [5.74, 6) is 1.24. The summed E-state index contributed by atoms with van der Waals surface area (Å²) in [6.45, 7) is 4.26. The van der Waals surface area contributed by atoms with E-state index in [1.165, 1.54) is 37.1 Å². The lowest BCUT2D eigenvalue weighted by Gasteiger charge is -2.23. The van der Waals surface area contributed by atoms with Crippen LogP contribution >= 0.6 is 0 Å². The van der Waals surface area contributed by atoms with E-state index in [1.54, 1.807) is 6.07 Å². The van der Waals surface area contributed by atoms with Gasteiger partial charge in [-0.15, -0.1) is 0 Å². The van der Waals surface area contributed by atoms with Gasteiger partial charge in [0.2, 0.25) is 0 Å². The molecule has 1 fully saturated rings. The van der Waals surface area contributed by atoms with Crippen LogP contribution in [0.3, 0.4) is 0 Å². The van der Waals surface area contributed by atoms with Gasteiger partial charge in [-0.05, 0) is 74.2 Å². The van der Waals surface area contributed by atoms with Crippen molar-refractivity contribution < 1.29 is 9.13 Å². The Morgan fingerprint density at radius 2 is 1.96 bits per heavy atom. The topological polar surface area (TPSA) is 39.1 Å². The van der Waals surface area contributed by atoms with E-state index in [2.05, 4.69) is 28.9 Å². The second kappa shape index (κ2) is 6.72. The zero-order valence-corrected chi connectivity index (χ0v) is 15.5. The molecule has 1 aliphatic heterocycles. The van der Waals surface area contributed by atoms with E-state index in [-0.39, 0.29) is 11.6 Å². The fourth-order valence-corrected chi connectivity index (χ4v) is 3.94. The highest BCUT2D eigenvalue weighted by molar-refractivity contribution is 5.84. The van der Waals surface area contributed by atoms with Crippen LogP contribution in [0.2, 0.25) is 0 Å². The lowest BCUT2D eigenvalue weighted by molar-refractivity contribution is 0.386. The average Bonchev–Trinajstić information content (AvgIpc) is 3.00. The fourth-order valence-electron chi connectivity index (χ4n) is 3.94. The first-order chi connectivity index (χ1) is 12.6. The number of fused-ring (bicyclic) bond motifs is 1. The first-order valence-electron chi connectivity index (χ1n) is 9.10. The Balaban J connectivity index is 1.81. The lowest BCUT2D eigenvalue weighted by atomic mass is 9.89. The minimum Gasteiger partial charge on any atom is -0.494 e. The molecule has 4 rings (SSSR count). The van der Waals surface area contributed by atoms with Crippen molar-refractivity contribution in [3.63, 3.8) is 0 Å². The molecule has 0 aliphatic carbocycles. The number of hydrogen-bond acceptors (Lipinski definition) is 3. The summed E-state index contributed by atoms with van der Waals surface area (Å²) >= 11 is 0. The Bertz CT molecular complexity index is 958. The van der Waals surface area contributed by atoms with E-state index < -0.39 is 0 Å². The predicted molar refractivity (Wildman–Crippen MR) is 102 cm³/mol. The number of halogens is 1. The molecule has 1 saturated heterocycles. The zero-order valence-electron chi connectivity index (χ0n) is 15.5. The third kappa shape index (κ3) is 2.86. The van der Waals surface area contributed by atoms with Crippen molar-refractivity contribution in [3.8, 4) is 17.1 Å². The van der Waals surface area contributed by atoms with E-state index in [4.69, 9.17) is 9.72 Å². The quantitative estimate of drug-likeness (QED) is 0.768. The molecule has 26 heavy (non-hydrogen) atoms. The normalized spacial score (nSPS) is 15.5. The Morgan fingerprint density at radius 3 is 2.65 bits per heavy atom. The van der Waals surface area contributed by atoms with Gasteiger partial charge in [0.05, 0.1) is 18.1 Å². The Kier molecular flexibility index (Phi) is 4.41. The molecule has 5 heteroatoms. The van der Waals surface area contributed by atoms with Crippen LogP contribution < -0.4 is 10.1 Å². The fraction of sp³-hybridized carbons (Fsp3) is 0.381. The minimum absolute atomic E-state index is 0.247. The van der Waals surface area contributed by atoms with Gasteiger partial charge in [-0.1, -0.05) is 6.07 Å². The molecule has 1 N–H and O–H groups in total. The number of imidazole rings is 1. The van der Waals surface area contributed by atoms with E-state index in [0.29, 0.717) is 5.92 Å². The molecule has 4 nitrogen and oxygen atoms in total. The van der Waals surface area contributed by atoms with Crippen molar-refractivity contribution in [2.75, 3.05) is 20.2 Å². The first-order valence-corrected chi connectivity index (χ1v) is 9.10. The van der Waals surface area contributed by atoms with Crippen LogP contribution in [0, 0.1) is 12.7 Å². The second-order valence-corrected chi connectivity index (χ2v) is 7.07. The highest BCUT2D eigenvalue weighted by Crippen LogP contribution is 2.33. The maximum atomic E-state index is 14.1. The third-order valence-electron chi connectivity index (χ3n) is 5.42. The van der Waals surface area contributed by atoms with Crippen LogP contribution in [-0.4, -0.2) is 29.8 Å².